The lowest BCUT2D eigenvalue weighted by molar-refractivity contribution is 0.246. The van der Waals surface area contributed by atoms with E-state index >= 15 is 0 Å². The first-order valence-electron chi connectivity index (χ1n) is 16.0. The summed E-state index contributed by atoms with van der Waals surface area (Å²) in [6.45, 7) is 1.40. The molecule has 16 heteroatoms. The van der Waals surface area contributed by atoms with E-state index in [1.807, 2.05) is 30.3 Å². The highest BCUT2D eigenvalue weighted by molar-refractivity contribution is 7.89. The molecule has 0 amide bonds. The second kappa shape index (κ2) is 15.0. The van der Waals surface area contributed by atoms with Crippen LogP contribution in [0, 0.1) is 11.6 Å². The summed E-state index contributed by atoms with van der Waals surface area (Å²) in [6.07, 6.45) is 7.78. The van der Waals surface area contributed by atoms with Crippen molar-refractivity contribution in [1.29, 1.82) is 0 Å². The zero-order chi connectivity index (χ0) is 34.4. The average molecular weight is 711 g/mol. The molecule has 3 aromatic carbocycles. The summed E-state index contributed by atoms with van der Waals surface area (Å²) in [5.74, 6) is 0.122. The summed E-state index contributed by atoms with van der Waals surface area (Å²) in [5, 5.41) is 11.1. The molecule has 2 aromatic heterocycles. The Morgan fingerprint density at radius 2 is 1.24 bits per heavy atom. The van der Waals surface area contributed by atoms with Gasteiger partial charge in [0.25, 0.3) is 0 Å². The van der Waals surface area contributed by atoms with Gasteiger partial charge in [-0.2, -0.15) is 18.8 Å². The minimum atomic E-state index is -3.75. The van der Waals surface area contributed by atoms with E-state index in [4.69, 9.17) is 0 Å². The van der Waals surface area contributed by atoms with Gasteiger partial charge in [0.1, 0.15) is 30.1 Å². The van der Waals surface area contributed by atoms with Crippen LogP contribution in [0.25, 0.3) is 0 Å². The number of halogens is 2. The van der Waals surface area contributed by atoms with Crippen molar-refractivity contribution in [2.45, 2.75) is 66.9 Å². The molecule has 12 nitrogen and oxygen atoms in total. The van der Waals surface area contributed by atoms with Crippen molar-refractivity contribution in [2.24, 2.45) is 0 Å². The van der Waals surface area contributed by atoms with Crippen LogP contribution in [0.1, 0.15) is 67.8 Å². The number of hydrogen-bond donors (Lipinski definition) is 1. The van der Waals surface area contributed by atoms with Crippen LogP contribution in [0.5, 0.6) is 0 Å². The third-order valence-corrected chi connectivity index (χ3v) is 12.4. The third kappa shape index (κ3) is 7.93. The fourth-order valence-electron chi connectivity index (χ4n) is 6.08. The van der Waals surface area contributed by atoms with E-state index < -0.39 is 37.7 Å². The molecule has 5 aromatic rings. The number of sulfonamides is 2. The zero-order valence-electron chi connectivity index (χ0n) is 26.5. The maximum Gasteiger partial charge on any atom is 0.243 e. The zero-order valence-corrected chi connectivity index (χ0v) is 28.1. The molecule has 2 atom stereocenters. The maximum atomic E-state index is 13.2. The van der Waals surface area contributed by atoms with Gasteiger partial charge in [0.15, 0.2) is 5.82 Å². The van der Waals surface area contributed by atoms with E-state index in [2.05, 4.69) is 25.3 Å². The second-order valence-corrected chi connectivity index (χ2v) is 15.6. The quantitative estimate of drug-likeness (QED) is 0.230. The number of piperidine rings is 2. The highest BCUT2D eigenvalue weighted by Gasteiger charge is 2.37. The Balaban J connectivity index is 0.000000177. The predicted octanol–water partition coefficient (Wildman–Crippen LogP) is 5.24. The summed E-state index contributed by atoms with van der Waals surface area (Å²) in [4.78, 5) is 8.65. The summed E-state index contributed by atoms with van der Waals surface area (Å²) >= 11 is 0. The van der Waals surface area contributed by atoms with Crippen molar-refractivity contribution in [3.8, 4) is 0 Å². The van der Waals surface area contributed by atoms with Crippen molar-refractivity contribution in [1.82, 2.24) is 38.6 Å². The minimum Gasteiger partial charge on any atom is -0.262 e. The number of nitrogens with zero attached hydrogens (tertiary/aromatic N) is 7. The maximum absolute atomic E-state index is 13.2. The van der Waals surface area contributed by atoms with E-state index in [-0.39, 0.29) is 15.8 Å². The first kappa shape index (κ1) is 34.5. The molecular weight excluding hydrogens is 675 g/mol. The van der Waals surface area contributed by atoms with Gasteiger partial charge in [-0.3, -0.25) is 5.10 Å². The topological polar surface area (TPSA) is 147 Å². The number of benzene rings is 3. The van der Waals surface area contributed by atoms with Crippen molar-refractivity contribution in [2.75, 3.05) is 13.1 Å². The van der Waals surface area contributed by atoms with Crippen molar-refractivity contribution in [3.63, 3.8) is 0 Å². The Kier molecular flexibility index (Phi) is 10.6. The van der Waals surface area contributed by atoms with Crippen LogP contribution in [0.15, 0.2) is 101 Å². The van der Waals surface area contributed by atoms with Gasteiger partial charge in [0, 0.05) is 13.1 Å². The molecule has 2 saturated heterocycles. The molecular formula is C33H36F2N8O4S2. The lowest BCUT2D eigenvalue weighted by atomic mass is 10.0. The number of H-pyrrole nitrogens is 1. The van der Waals surface area contributed by atoms with Gasteiger partial charge in [-0.1, -0.05) is 43.2 Å². The largest absolute Gasteiger partial charge is 0.262 e. The highest BCUT2D eigenvalue weighted by Crippen LogP contribution is 2.35. The number of aromatic nitrogens is 6. The molecule has 0 aliphatic carbocycles. The Labute approximate surface area is 283 Å². The number of aromatic amines is 1. The van der Waals surface area contributed by atoms with E-state index in [0.717, 1.165) is 43.4 Å². The summed E-state index contributed by atoms with van der Waals surface area (Å²) in [6, 6.07) is 19.0. The van der Waals surface area contributed by atoms with E-state index in [1.54, 1.807) is 11.0 Å². The first-order chi connectivity index (χ1) is 23.6. The SMILES string of the molecule is O=S(=O)(c1ccc(F)cc1)N1CCCC[C@H]1c1ncn(Cc2ccccc2)n1.O=S(=O)(c1ccc(F)cc1)N1CCCC[C@H]1c1ncn[nH]1. The van der Waals surface area contributed by atoms with Gasteiger partial charge in [-0.15, -0.1) is 0 Å². The average Bonchev–Trinajstić information content (AvgIpc) is 3.83. The molecule has 0 spiro atoms. The van der Waals surface area contributed by atoms with Gasteiger partial charge in [-0.25, -0.2) is 40.3 Å². The minimum absolute atomic E-state index is 0.0875. The molecule has 1 N–H and O–H groups in total. The Morgan fingerprint density at radius 3 is 1.80 bits per heavy atom. The van der Waals surface area contributed by atoms with Gasteiger partial charge in [-0.05, 0) is 79.8 Å². The monoisotopic (exact) mass is 710 g/mol. The second-order valence-electron chi connectivity index (χ2n) is 11.8. The first-order valence-corrected chi connectivity index (χ1v) is 18.8. The van der Waals surface area contributed by atoms with Gasteiger partial charge in [0.2, 0.25) is 20.0 Å². The van der Waals surface area contributed by atoms with Crippen molar-refractivity contribution in [3.05, 3.63) is 120 Å². The molecule has 49 heavy (non-hydrogen) atoms. The Morgan fingerprint density at radius 1 is 0.694 bits per heavy atom. The standard InChI is InChI=1S/C20H21FN4O2S.C13H15FN4O2S/c21-17-9-11-18(12-10-17)28(26,27)25-13-5-4-8-19(25)20-22-15-24(23-20)14-16-6-2-1-3-7-16;14-10-4-6-11(7-5-10)21(19,20)18-8-2-1-3-12(18)13-15-9-16-17-13/h1-3,6-7,9-12,15,19H,4-5,8,13-14H2;4-7,9,12H,1-3,8H2,(H,15,16,17)/t19-;12-/m00/s1. The van der Waals surface area contributed by atoms with E-state index in [9.17, 15) is 25.6 Å². The van der Waals surface area contributed by atoms with E-state index in [1.165, 1.54) is 51.3 Å². The molecule has 0 saturated carbocycles. The van der Waals surface area contributed by atoms with E-state index in [0.29, 0.717) is 44.1 Å². The van der Waals surface area contributed by atoms with Crippen LogP contribution in [0.3, 0.4) is 0 Å². The lowest BCUT2D eigenvalue weighted by Gasteiger charge is -2.33. The molecule has 0 unspecified atom stereocenters. The summed E-state index contributed by atoms with van der Waals surface area (Å²) < 4.78 is 82.5. The number of rotatable bonds is 8. The Hall–Kier alpha value is -4.38. The molecule has 258 valence electrons. The lowest BCUT2D eigenvalue weighted by Crippen LogP contribution is -2.39. The molecule has 2 fully saturated rings. The molecule has 2 aliphatic rings. The molecule has 0 bridgehead atoms. The number of nitrogens with one attached hydrogen (secondary N) is 1. The highest BCUT2D eigenvalue weighted by atomic mass is 32.2. The van der Waals surface area contributed by atoms with Crippen molar-refractivity contribution >= 4 is 20.0 Å². The van der Waals surface area contributed by atoms with Crippen LogP contribution in [-0.2, 0) is 26.6 Å². The predicted molar refractivity (Wildman–Crippen MR) is 176 cm³/mol. The fourth-order valence-corrected chi connectivity index (χ4v) is 9.40. The van der Waals surface area contributed by atoms with Crippen LogP contribution in [-0.4, -0.2) is 68.5 Å². The van der Waals surface area contributed by atoms with Crippen LogP contribution in [0.2, 0.25) is 0 Å². The molecule has 2 aliphatic heterocycles. The van der Waals surface area contributed by atoms with Gasteiger partial charge >= 0.3 is 0 Å². The third-order valence-electron chi connectivity index (χ3n) is 8.54. The molecule has 4 heterocycles. The Bertz CT molecular complexity index is 2030. The smallest absolute Gasteiger partial charge is 0.243 e. The van der Waals surface area contributed by atoms with Crippen LogP contribution in [0.4, 0.5) is 8.78 Å². The van der Waals surface area contributed by atoms with Crippen LogP contribution < -0.4 is 0 Å². The normalized spacial score (nSPS) is 19.2. The van der Waals surface area contributed by atoms with Gasteiger partial charge < -0.3 is 0 Å². The molecule has 0 radical (unpaired) electrons. The van der Waals surface area contributed by atoms with Crippen molar-refractivity contribution < 1.29 is 25.6 Å². The summed E-state index contributed by atoms with van der Waals surface area (Å²) in [5.41, 5.74) is 1.10. The number of hydrogen-bond acceptors (Lipinski definition) is 8. The van der Waals surface area contributed by atoms with Crippen LogP contribution >= 0.6 is 0 Å². The molecule has 7 rings (SSSR count). The fraction of sp³-hybridized carbons (Fsp3) is 0.333. The summed E-state index contributed by atoms with van der Waals surface area (Å²) in [7, 11) is -7.42. The van der Waals surface area contributed by atoms with Gasteiger partial charge in [0.05, 0.1) is 28.4 Å².